The Morgan fingerprint density at radius 3 is 1.13 bits per heavy atom. The Balaban J connectivity index is 1.84. The van der Waals surface area contributed by atoms with Crippen molar-refractivity contribution in [2.75, 3.05) is 0 Å². The van der Waals surface area contributed by atoms with Crippen molar-refractivity contribution in [3.8, 4) is 0 Å². The van der Waals surface area contributed by atoms with Gasteiger partial charge in [0, 0.05) is 0 Å². The summed E-state index contributed by atoms with van der Waals surface area (Å²) >= 11 is 0. The number of nitrogens with zero attached hydrogens (tertiary/aromatic N) is 3. The molecule has 5 aliphatic rings. The molecule has 0 atom stereocenters. The minimum atomic E-state index is 0.959. The SMILES string of the molecule is CCC1=C(C)C2=CC1=CC1=NC(=CC3=NC(=CC4=NC(=C2)C(CC)=C4CC)C(CC)=C3CC)C(CC)=C1CC. The van der Waals surface area contributed by atoms with E-state index in [0.717, 1.165) is 79.2 Å². The molecule has 0 aromatic rings. The summed E-state index contributed by atoms with van der Waals surface area (Å²) in [7, 11) is 0. The maximum Gasteiger partial charge on any atom is 0.0694 e. The summed E-state index contributed by atoms with van der Waals surface area (Å²) in [5, 5.41) is 0. The fraction of sp³-hybridized carbons (Fsp3) is 0.417. The van der Waals surface area contributed by atoms with Gasteiger partial charge < -0.3 is 0 Å². The smallest absolute Gasteiger partial charge is 0.0694 e. The van der Waals surface area contributed by atoms with Crippen LogP contribution >= 0.6 is 0 Å². The summed E-state index contributed by atoms with van der Waals surface area (Å²) in [5.74, 6) is 0. The Bertz CT molecular complexity index is 1510. The first-order valence-corrected chi connectivity index (χ1v) is 15.2. The van der Waals surface area contributed by atoms with Crippen LogP contribution in [0.5, 0.6) is 0 Å². The molecule has 202 valence electrons. The van der Waals surface area contributed by atoms with Gasteiger partial charge in [-0.05, 0) is 138 Å². The van der Waals surface area contributed by atoms with Crippen LogP contribution in [0.4, 0.5) is 0 Å². The van der Waals surface area contributed by atoms with Gasteiger partial charge in [0.2, 0.25) is 0 Å². The molecule has 0 unspecified atom stereocenters. The Morgan fingerprint density at radius 1 is 0.385 bits per heavy atom. The van der Waals surface area contributed by atoms with Crippen LogP contribution < -0.4 is 0 Å². The standard InChI is InChI=1S/C36H43N3/c1-9-24-21(8)22-16-23(24)18-32-26(11-3)28(13-5)34(38-32)20-36-30(15-7)29(14-6)35(39-36)19-33-27(12-4)25(10-2)31(17-22)37-33/h16-20H,9-15H2,1-8H3. The van der Waals surface area contributed by atoms with Crippen LogP contribution in [-0.4, -0.2) is 17.1 Å². The third-order valence-corrected chi connectivity index (χ3v) is 8.82. The van der Waals surface area contributed by atoms with Gasteiger partial charge in [-0.25, -0.2) is 15.0 Å². The van der Waals surface area contributed by atoms with Crippen molar-refractivity contribution in [1.82, 2.24) is 0 Å². The van der Waals surface area contributed by atoms with Crippen molar-refractivity contribution in [1.29, 1.82) is 0 Å². The second-order valence-corrected chi connectivity index (χ2v) is 10.7. The van der Waals surface area contributed by atoms with Gasteiger partial charge in [0.25, 0.3) is 0 Å². The van der Waals surface area contributed by atoms with Crippen molar-refractivity contribution in [2.24, 2.45) is 15.0 Å². The highest BCUT2D eigenvalue weighted by Crippen LogP contribution is 2.41. The van der Waals surface area contributed by atoms with Gasteiger partial charge in [0.05, 0.1) is 34.2 Å². The van der Waals surface area contributed by atoms with Crippen LogP contribution in [0.3, 0.4) is 0 Å². The molecule has 3 nitrogen and oxygen atoms in total. The van der Waals surface area contributed by atoms with Crippen molar-refractivity contribution < 1.29 is 0 Å². The van der Waals surface area contributed by atoms with Gasteiger partial charge in [0.15, 0.2) is 0 Å². The first-order valence-electron chi connectivity index (χ1n) is 15.2. The molecule has 0 radical (unpaired) electrons. The molecule has 0 saturated carbocycles. The summed E-state index contributed by atoms with van der Waals surface area (Å²) in [5.41, 5.74) is 20.0. The molecule has 8 bridgehead atoms. The molecule has 39 heavy (non-hydrogen) atoms. The van der Waals surface area contributed by atoms with Crippen LogP contribution in [0, 0.1) is 0 Å². The van der Waals surface area contributed by atoms with E-state index < -0.39 is 0 Å². The molecule has 0 fully saturated rings. The van der Waals surface area contributed by atoms with E-state index in [4.69, 9.17) is 15.0 Å². The number of fused-ring (bicyclic) bond motifs is 4. The van der Waals surface area contributed by atoms with E-state index in [1.807, 2.05) is 0 Å². The van der Waals surface area contributed by atoms with E-state index in [2.05, 4.69) is 85.8 Å². The number of hydrogen-bond donors (Lipinski definition) is 0. The third kappa shape index (κ3) is 4.50. The van der Waals surface area contributed by atoms with Crippen molar-refractivity contribution in [3.63, 3.8) is 0 Å². The average molecular weight is 518 g/mol. The summed E-state index contributed by atoms with van der Waals surface area (Å²) in [4.78, 5) is 15.8. The van der Waals surface area contributed by atoms with Crippen molar-refractivity contribution in [3.05, 3.63) is 103 Å². The lowest BCUT2D eigenvalue weighted by molar-refractivity contribution is 1.05. The summed E-state index contributed by atoms with van der Waals surface area (Å²) in [6, 6.07) is 0. The number of rotatable bonds is 7. The maximum atomic E-state index is 5.27. The highest BCUT2D eigenvalue weighted by atomic mass is 14.8. The van der Waals surface area contributed by atoms with E-state index >= 15 is 0 Å². The fourth-order valence-corrected chi connectivity index (χ4v) is 6.86. The molecular formula is C36H43N3. The van der Waals surface area contributed by atoms with Gasteiger partial charge in [0.1, 0.15) is 0 Å². The van der Waals surface area contributed by atoms with Crippen LogP contribution in [0.1, 0.15) is 100 Å². The number of hydrogen-bond acceptors (Lipinski definition) is 3. The Morgan fingerprint density at radius 2 is 0.744 bits per heavy atom. The zero-order chi connectivity index (χ0) is 27.8. The monoisotopic (exact) mass is 517 g/mol. The predicted molar refractivity (Wildman–Crippen MR) is 169 cm³/mol. The molecule has 0 aromatic heterocycles. The minimum absolute atomic E-state index is 0.959. The fourth-order valence-electron chi connectivity index (χ4n) is 6.86. The molecule has 1 aliphatic carbocycles. The van der Waals surface area contributed by atoms with Gasteiger partial charge in [-0.3, -0.25) is 0 Å². The van der Waals surface area contributed by atoms with Crippen molar-refractivity contribution >= 4 is 17.1 Å². The van der Waals surface area contributed by atoms with Gasteiger partial charge in [-0.1, -0.05) is 48.5 Å². The normalized spacial score (nSPS) is 20.8. The first kappa shape index (κ1) is 27.2. The summed E-state index contributed by atoms with van der Waals surface area (Å²) < 4.78 is 0. The topological polar surface area (TPSA) is 37.1 Å². The van der Waals surface area contributed by atoms with E-state index in [9.17, 15) is 0 Å². The third-order valence-electron chi connectivity index (χ3n) is 8.82. The van der Waals surface area contributed by atoms with Crippen LogP contribution in [0.25, 0.3) is 0 Å². The van der Waals surface area contributed by atoms with Crippen LogP contribution in [-0.2, 0) is 0 Å². The van der Waals surface area contributed by atoms with E-state index in [1.54, 1.807) is 0 Å². The molecule has 0 spiro atoms. The molecule has 5 rings (SSSR count). The van der Waals surface area contributed by atoms with Gasteiger partial charge in [-0.15, -0.1) is 0 Å². The zero-order valence-electron chi connectivity index (χ0n) is 25.2. The highest BCUT2D eigenvalue weighted by molar-refractivity contribution is 6.18. The lowest BCUT2D eigenvalue weighted by atomic mass is 9.94. The second-order valence-electron chi connectivity index (χ2n) is 10.7. The predicted octanol–water partition coefficient (Wildman–Crippen LogP) is 9.96. The lowest BCUT2D eigenvalue weighted by Gasteiger charge is -2.07. The van der Waals surface area contributed by atoms with Gasteiger partial charge in [-0.2, -0.15) is 0 Å². The van der Waals surface area contributed by atoms with E-state index in [-0.39, 0.29) is 0 Å². The molecule has 0 saturated heterocycles. The summed E-state index contributed by atoms with van der Waals surface area (Å²) in [6.45, 7) is 18.0. The quantitative estimate of drug-likeness (QED) is 0.322. The van der Waals surface area contributed by atoms with E-state index in [1.165, 1.54) is 55.7 Å². The van der Waals surface area contributed by atoms with Crippen LogP contribution in [0.2, 0.25) is 0 Å². The molecule has 0 amide bonds. The zero-order valence-corrected chi connectivity index (χ0v) is 25.2. The molecule has 4 aliphatic heterocycles. The second kappa shape index (κ2) is 11.0. The Labute approximate surface area is 235 Å². The Kier molecular flexibility index (Phi) is 7.71. The number of aliphatic imine (C=N–C) groups is 3. The Hall–Kier alpha value is -3.33. The average Bonchev–Trinajstić information content (AvgIpc) is 3.64. The maximum absolute atomic E-state index is 5.27. The largest absolute Gasteiger partial charge is 0.248 e. The lowest BCUT2D eigenvalue weighted by Crippen LogP contribution is -1.99. The molecule has 0 aromatic carbocycles. The molecule has 4 heterocycles. The van der Waals surface area contributed by atoms with Crippen molar-refractivity contribution in [2.45, 2.75) is 100 Å². The van der Waals surface area contributed by atoms with E-state index in [0.29, 0.717) is 0 Å². The van der Waals surface area contributed by atoms with Gasteiger partial charge >= 0.3 is 0 Å². The highest BCUT2D eigenvalue weighted by Gasteiger charge is 2.28. The molecule has 3 heteroatoms. The summed E-state index contributed by atoms with van der Waals surface area (Å²) in [6.07, 6.45) is 18.3. The molecule has 0 N–H and O–H groups in total. The van der Waals surface area contributed by atoms with Crippen LogP contribution in [0.15, 0.2) is 118 Å². The minimum Gasteiger partial charge on any atom is -0.248 e. The number of allylic oxidation sites excluding steroid dienone is 15. The first-order chi connectivity index (χ1) is 18.9. The molecular weight excluding hydrogens is 474 g/mol.